The van der Waals surface area contributed by atoms with Gasteiger partial charge in [-0.1, -0.05) is 13.8 Å². The molecule has 4 N–H and O–H groups in total. The third-order valence-electron chi connectivity index (χ3n) is 4.07. The van der Waals surface area contributed by atoms with Gasteiger partial charge in [0.25, 0.3) is 0 Å². The van der Waals surface area contributed by atoms with E-state index in [2.05, 4.69) is 34.2 Å². The van der Waals surface area contributed by atoms with Gasteiger partial charge < -0.3 is 15.7 Å². The average molecular weight is 478 g/mol. The number of aliphatic imine (C=N–C) groups is 1. The molecule has 24 heavy (non-hydrogen) atoms. The summed E-state index contributed by atoms with van der Waals surface area (Å²) in [5.41, 5.74) is 0.0367. The molecule has 0 spiro atoms. The minimum absolute atomic E-state index is 0. The summed E-state index contributed by atoms with van der Waals surface area (Å²) in [5.74, 6) is 0.732. The van der Waals surface area contributed by atoms with Crippen LogP contribution in [0.2, 0.25) is 0 Å². The Kier molecular flexibility index (Phi) is 15.3. The molecule has 0 aromatic heterocycles. The summed E-state index contributed by atoms with van der Waals surface area (Å²) in [7, 11) is -3.13. The van der Waals surface area contributed by atoms with Gasteiger partial charge in [0.15, 0.2) is 5.96 Å². The number of hydrogen-bond donors (Lipinski definition) is 4. The maximum atomic E-state index is 11.0. The Morgan fingerprint density at radius 2 is 1.75 bits per heavy atom. The molecule has 0 bridgehead atoms. The van der Waals surface area contributed by atoms with Crippen LogP contribution in [-0.4, -0.2) is 58.5 Å². The Bertz CT molecular complexity index is 440. The van der Waals surface area contributed by atoms with E-state index in [1.54, 1.807) is 0 Å². The third kappa shape index (κ3) is 12.3. The summed E-state index contributed by atoms with van der Waals surface area (Å²) in [4.78, 5) is 4.64. The van der Waals surface area contributed by atoms with Gasteiger partial charge in [-0.25, -0.2) is 13.1 Å². The van der Waals surface area contributed by atoms with Crippen molar-refractivity contribution in [3.63, 3.8) is 0 Å². The summed E-state index contributed by atoms with van der Waals surface area (Å²) < 4.78 is 24.4. The Hall–Kier alpha value is -0.130. The Balaban J connectivity index is 0. The van der Waals surface area contributed by atoms with Gasteiger partial charge in [0.05, 0.1) is 6.26 Å². The lowest BCUT2D eigenvalue weighted by atomic mass is 9.79. The standard InChI is InChI=1S/C15H34N4O3S.HI/c1-5-15(6-2,9-12-20)13-18-14(16-7-3)17-10-8-11-19-23(4,21)22;/h19-20H,5-13H2,1-4H3,(H2,16,17,18);1H. The smallest absolute Gasteiger partial charge is 0.208 e. The molecule has 0 atom stereocenters. The van der Waals surface area contributed by atoms with Crippen LogP contribution < -0.4 is 15.4 Å². The first-order valence-electron chi connectivity index (χ1n) is 8.40. The molecule has 0 radical (unpaired) electrons. The fourth-order valence-electron chi connectivity index (χ4n) is 2.28. The molecular formula is C15H35IN4O3S. The fourth-order valence-corrected chi connectivity index (χ4v) is 2.80. The molecule has 0 amide bonds. The van der Waals surface area contributed by atoms with Gasteiger partial charge in [-0.15, -0.1) is 24.0 Å². The van der Waals surface area contributed by atoms with Crippen molar-refractivity contribution in [2.24, 2.45) is 10.4 Å². The summed E-state index contributed by atoms with van der Waals surface area (Å²) in [6.45, 7) is 8.92. The van der Waals surface area contributed by atoms with Crippen molar-refractivity contribution in [1.29, 1.82) is 0 Å². The molecular weight excluding hydrogens is 443 g/mol. The number of nitrogens with one attached hydrogen (secondary N) is 3. The van der Waals surface area contributed by atoms with Crippen molar-refractivity contribution in [3.8, 4) is 0 Å². The first-order valence-corrected chi connectivity index (χ1v) is 10.3. The van der Waals surface area contributed by atoms with E-state index in [0.29, 0.717) is 26.1 Å². The quantitative estimate of drug-likeness (QED) is 0.147. The van der Waals surface area contributed by atoms with Crippen molar-refractivity contribution in [2.45, 2.75) is 46.5 Å². The largest absolute Gasteiger partial charge is 0.396 e. The highest BCUT2D eigenvalue weighted by Gasteiger charge is 2.25. The van der Waals surface area contributed by atoms with Crippen molar-refractivity contribution in [3.05, 3.63) is 0 Å². The Labute approximate surface area is 164 Å². The van der Waals surface area contributed by atoms with Gasteiger partial charge in [0.1, 0.15) is 0 Å². The van der Waals surface area contributed by atoms with Crippen LogP contribution in [0.15, 0.2) is 4.99 Å². The van der Waals surface area contributed by atoms with Crippen LogP contribution in [-0.2, 0) is 10.0 Å². The Morgan fingerprint density at radius 3 is 2.21 bits per heavy atom. The molecule has 0 rings (SSSR count). The topological polar surface area (TPSA) is 103 Å². The van der Waals surface area contributed by atoms with E-state index < -0.39 is 10.0 Å². The van der Waals surface area contributed by atoms with E-state index >= 15 is 0 Å². The summed E-state index contributed by atoms with van der Waals surface area (Å²) in [5, 5.41) is 15.7. The van der Waals surface area contributed by atoms with Gasteiger partial charge >= 0.3 is 0 Å². The van der Waals surface area contributed by atoms with Crippen molar-refractivity contribution in [1.82, 2.24) is 15.4 Å². The minimum Gasteiger partial charge on any atom is -0.396 e. The van der Waals surface area contributed by atoms with Gasteiger partial charge in [-0.05, 0) is 38.0 Å². The molecule has 0 unspecified atom stereocenters. The molecule has 0 saturated heterocycles. The van der Waals surface area contributed by atoms with E-state index in [1.807, 2.05) is 6.92 Å². The highest BCUT2D eigenvalue weighted by atomic mass is 127. The molecule has 0 aliphatic rings. The minimum atomic E-state index is -3.13. The molecule has 0 fully saturated rings. The van der Waals surface area contributed by atoms with Crippen molar-refractivity contribution < 1.29 is 13.5 Å². The molecule has 0 saturated carbocycles. The van der Waals surface area contributed by atoms with Crippen LogP contribution in [0.5, 0.6) is 0 Å². The average Bonchev–Trinajstić information content (AvgIpc) is 2.49. The van der Waals surface area contributed by atoms with E-state index in [9.17, 15) is 13.5 Å². The zero-order valence-corrected chi connectivity index (χ0v) is 18.5. The number of halogens is 1. The van der Waals surface area contributed by atoms with Crippen LogP contribution in [0.3, 0.4) is 0 Å². The summed E-state index contributed by atoms with van der Waals surface area (Å²) in [6, 6.07) is 0. The molecule has 0 heterocycles. The SMILES string of the molecule is CCNC(=NCC(CC)(CC)CCO)NCCCNS(C)(=O)=O.I. The molecule has 146 valence electrons. The van der Waals surface area contributed by atoms with Crippen molar-refractivity contribution in [2.75, 3.05) is 39.0 Å². The highest BCUT2D eigenvalue weighted by Crippen LogP contribution is 2.30. The third-order valence-corrected chi connectivity index (χ3v) is 4.80. The first-order chi connectivity index (χ1) is 10.8. The second kappa shape index (κ2) is 14.1. The zero-order valence-electron chi connectivity index (χ0n) is 15.4. The van der Waals surface area contributed by atoms with Crippen LogP contribution in [0.1, 0.15) is 46.5 Å². The van der Waals surface area contributed by atoms with Gasteiger partial charge in [-0.2, -0.15) is 0 Å². The number of guanidine groups is 1. The van der Waals surface area contributed by atoms with E-state index in [-0.39, 0.29) is 36.0 Å². The second-order valence-electron chi connectivity index (χ2n) is 5.82. The molecule has 0 aromatic carbocycles. The lowest BCUT2D eigenvalue weighted by Crippen LogP contribution is -2.40. The predicted octanol–water partition coefficient (Wildman–Crippen LogP) is 1.29. The number of hydrogen-bond acceptors (Lipinski definition) is 4. The van der Waals surface area contributed by atoms with Gasteiger partial charge in [0.2, 0.25) is 10.0 Å². The van der Waals surface area contributed by atoms with Crippen LogP contribution in [0.4, 0.5) is 0 Å². The van der Waals surface area contributed by atoms with Gasteiger partial charge in [0, 0.05) is 32.8 Å². The summed E-state index contributed by atoms with van der Waals surface area (Å²) >= 11 is 0. The summed E-state index contributed by atoms with van der Waals surface area (Å²) in [6.07, 6.45) is 4.54. The lowest BCUT2D eigenvalue weighted by Gasteiger charge is -2.29. The lowest BCUT2D eigenvalue weighted by molar-refractivity contribution is 0.175. The van der Waals surface area contributed by atoms with Crippen LogP contribution in [0, 0.1) is 5.41 Å². The number of nitrogens with zero attached hydrogens (tertiary/aromatic N) is 1. The molecule has 7 nitrogen and oxygen atoms in total. The zero-order chi connectivity index (χ0) is 17.8. The van der Waals surface area contributed by atoms with Crippen LogP contribution in [0.25, 0.3) is 0 Å². The van der Waals surface area contributed by atoms with Crippen LogP contribution >= 0.6 is 24.0 Å². The highest BCUT2D eigenvalue weighted by molar-refractivity contribution is 14.0. The van der Waals surface area contributed by atoms with E-state index in [1.165, 1.54) is 0 Å². The molecule has 9 heteroatoms. The maximum absolute atomic E-state index is 11.0. The molecule has 0 aliphatic carbocycles. The van der Waals surface area contributed by atoms with E-state index in [4.69, 9.17) is 0 Å². The fraction of sp³-hybridized carbons (Fsp3) is 0.933. The Morgan fingerprint density at radius 1 is 1.12 bits per heavy atom. The maximum Gasteiger partial charge on any atom is 0.208 e. The number of aliphatic hydroxyl groups excluding tert-OH is 1. The molecule has 0 aromatic rings. The first kappa shape index (κ1) is 26.1. The number of aliphatic hydroxyl groups is 1. The monoisotopic (exact) mass is 478 g/mol. The van der Waals surface area contributed by atoms with Gasteiger partial charge in [-0.3, -0.25) is 4.99 Å². The van der Waals surface area contributed by atoms with Crippen molar-refractivity contribution >= 4 is 40.0 Å². The predicted molar refractivity (Wildman–Crippen MR) is 112 cm³/mol. The van der Waals surface area contributed by atoms with E-state index in [0.717, 1.165) is 38.0 Å². The normalized spacial score (nSPS) is 12.6. The second-order valence-corrected chi connectivity index (χ2v) is 7.66. The number of rotatable bonds is 12. The number of sulfonamides is 1. The molecule has 0 aliphatic heterocycles.